The van der Waals surface area contributed by atoms with E-state index in [0.29, 0.717) is 56.0 Å². The van der Waals surface area contributed by atoms with Crippen molar-refractivity contribution in [2.45, 2.75) is 26.5 Å². The van der Waals surface area contributed by atoms with E-state index >= 15 is 0 Å². The van der Waals surface area contributed by atoms with E-state index in [9.17, 15) is 9.59 Å². The van der Waals surface area contributed by atoms with Crippen molar-refractivity contribution in [3.05, 3.63) is 156 Å². The summed E-state index contributed by atoms with van der Waals surface area (Å²) in [7, 11) is 0. The van der Waals surface area contributed by atoms with Gasteiger partial charge in [-0.1, -0.05) is 83.6 Å². The molecule has 226 valence electrons. The summed E-state index contributed by atoms with van der Waals surface area (Å²) in [4.78, 5) is 33.2. The van der Waals surface area contributed by atoms with Crippen molar-refractivity contribution in [3.63, 3.8) is 0 Å². The fourth-order valence-electron chi connectivity index (χ4n) is 5.17. The van der Waals surface area contributed by atoms with Gasteiger partial charge in [0.2, 0.25) is 0 Å². The lowest BCUT2D eigenvalue weighted by Crippen LogP contribution is -2.40. The molecular formula is C36H30ClN3O4S. The average Bonchev–Trinajstić information content (AvgIpc) is 3.35. The number of amides is 1. The highest BCUT2D eigenvalue weighted by Gasteiger charge is 2.32. The van der Waals surface area contributed by atoms with Crippen molar-refractivity contribution in [2.75, 3.05) is 11.9 Å². The standard InChI is InChI=1S/C36H30ClN3O4S/c1-3-43-29-19-15-25(16-20-29)33-32(34(41)39-28-10-5-4-6-11-28)23(2)38-36-40(33)35(42)31(45-36)21-26-9-7-8-12-30(26)44-22-24-13-17-27(37)18-14-24/h4-21,33H,3,22H2,1-2H3,(H,39,41)/b31-21+/t33-/m0/s1. The van der Waals surface area contributed by atoms with Crippen LogP contribution in [0.4, 0.5) is 5.69 Å². The zero-order valence-corrected chi connectivity index (χ0v) is 26.3. The first kappa shape index (κ1) is 30.1. The third-order valence-corrected chi connectivity index (χ3v) is 8.55. The first-order valence-electron chi connectivity index (χ1n) is 14.5. The van der Waals surface area contributed by atoms with E-state index in [-0.39, 0.29) is 11.5 Å². The smallest absolute Gasteiger partial charge is 0.271 e. The van der Waals surface area contributed by atoms with Crippen LogP contribution in [0.5, 0.6) is 11.5 Å². The Morgan fingerprint density at radius 2 is 1.67 bits per heavy atom. The number of hydrogen-bond donors (Lipinski definition) is 1. The second kappa shape index (κ2) is 13.4. The van der Waals surface area contributed by atoms with Gasteiger partial charge in [-0.15, -0.1) is 0 Å². The summed E-state index contributed by atoms with van der Waals surface area (Å²) in [5.74, 6) is 1.02. The first-order valence-corrected chi connectivity index (χ1v) is 15.7. The summed E-state index contributed by atoms with van der Waals surface area (Å²) in [6.45, 7) is 4.60. The molecule has 0 unspecified atom stereocenters. The Bertz CT molecular complexity index is 2050. The molecule has 9 heteroatoms. The molecule has 0 fully saturated rings. The Labute approximate surface area is 269 Å². The van der Waals surface area contributed by atoms with Crippen LogP contribution in [0.25, 0.3) is 6.08 Å². The van der Waals surface area contributed by atoms with Gasteiger partial charge in [0, 0.05) is 16.3 Å². The van der Waals surface area contributed by atoms with E-state index in [1.54, 1.807) is 11.5 Å². The summed E-state index contributed by atoms with van der Waals surface area (Å²) in [5, 5.41) is 3.64. The maximum atomic E-state index is 14.2. The summed E-state index contributed by atoms with van der Waals surface area (Å²) >= 11 is 7.31. The highest BCUT2D eigenvalue weighted by atomic mass is 35.5. The number of allylic oxidation sites excluding steroid dienone is 1. The van der Waals surface area contributed by atoms with Crippen molar-refractivity contribution >= 4 is 40.6 Å². The molecule has 7 nitrogen and oxygen atoms in total. The third kappa shape index (κ3) is 6.62. The van der Waals surface area contributed by atoms with Gasteiger partial charge in [-0.25, -0.2) is 4.99 Å². The summed E-state index contributed by atoms with van der Waals surface area (Å²) < 4.78 is 13.9. The molecule has 4 aromatic carbocycles. The number of nitrogens with one attached hydrogen (secondary N) is 1. The molecule has 1 aliphatic rings. The molecule has 1 amide bonds. The molecule has 5 aromatic rings. The van der Waals surface area contributed by atoms with Gasteiger partial charge in [-0.2, -0.15) is 0 Å². The summed E-state index contributed by atoms with van der Waals surface area (Å²) in [6.07, 6.45) is 1.82. The van der Waals surface area contributed by atoms with Gasteiger partial charge >= 0.3 is 0 Å². The maximum absolute atomic E-state index is 14.2. The fraction of sp³-hybridized carbons (Fsp3) is 0.139. The molecule has 1 aliphatic heterocycles. The lowest BCUT2D eigenvalue weighted by Gasteiger charge is -2.25. The van der Waals surface area contributed by atoms with Crippen LogP contribution in [0.1, 0.15) is 36.6 Å². The zero-order chi connectivity index (χ0) is 31.3. The number of carbonyl (C=O) groups excluding carboxylic acids is 1. The van der Waals surface area contributed by atoms with Crippen molar-refractivity contribution in [1.82, 2.24) is 4.57 Å². The number of benzene rings is 4. The van der Waals surface area contributed by atoms with Crippen LogP contribution in [0, 0.1) is 0 Å². The minimum absolute atomic E-state index is 0.248. The molecule has 0 radical (unpaired) electrons. The Kier molecular flexibility index (Phi) is 8.96. The van der Waals surface area contributed by atoms with Crippen LogP contribution in [-0.4, -0.2) is 17.1 Å². The van der Waals surface area contributed by atoms with E-state index in [1.807, 2.05) is 116 Å². The van der Waals surface area contributed by atoms with Crippen molar-refractivity contribution in [1.29, 1.82) is 0 Å². The van der Waals surface area contributed by atoms with Gasteiger partial charge in [0.25, 0.3) is 11.5 Å². The molecule has 0 saturated carbocycles. The molecule has 0 aliphatic carbocycles. The number of nitrogens with zero attached hydrogens (tertiary/aromatic N) is 2. The number of fused-ring (bicyclic) bond motifs is 1. The quantitative estimate of drug-likeness (QED) is 0.200. The van der Waals surface area contributed by atoms with Gasteiger partial charge in [0.15, 0.2) is 4.80 Å². The van der Waals surface area contributed by atoms with Crippen molar-refractivity contribution in [3.8, 4) is 11.5 Å². The second-order valence-electron chi connectivity index (χ2n) is 10.4. The van der Waals surface area contributed by atoms with Gasteiger partial charge in [0.05, 0.1) is 28.5 Å². The van der Waals surface area contributed by atoms with E-state index in [4.69, 9.17) is 26.1 Å². The first-order chi connectivity index (χ1) is 21.9. The minimum atomic E-state index is -0.695. The average molecular weight is 636 g/mol. The van der Waals surface area contributed by atoms with Crippen LogP contribution in [-0.2, 0) is 11.4 Å². The van der Waals surface area contributed by atoms with Crippen LogP contribution < -0.4 is 29.7 Å². The SMILES string of the molecule is CCOc1ccc([C@H]2C(C(=O)Nc3ccccc3)=C(C)N=c3s/c(=C/c4ccccc4OCc4ccc(Cl)cc4)c(=O)n32)cc1. The lowest BCUT2D eigenvalue weighted by atomic mass is 9.95. The number of aromatic nitrogens is 1. The molecular weight excluding hydrogens is 606 g/mol. The van der Waals surface area contributed by atoms with Gasteiger partial charge in [-0.05, 0) is 73.5 Å². The molecule has 2 heterocycles. The molecule has 0 saturated heterocycles. The molecule has 1 N–H and O–H groups in total. The van der Waals surface area contributed by atoms with Crippen LogP contribution in [0.3, 0.4) is 0 Å². The zero-order valence-electron chi connectivity index (χ0n) is 24.7. The molecule has 0 bridgehead atoms. The molecule has 6 rings (SSSR count). The third-order valence-electron chi connectivity index (χ3n) is 7.32. The number of thiazole rings is 1. The number of halogens is 1. The maximum Gasteiger partial charge on any atom is 0.271 e. The summed E-state index contributed by atoms with van der Waals surface area (Å²) in [5.41, 5.74) is 3.84. The predicted octanol–water partition coefficient (Wildman–Crippen LogP) is 6.51. The van der Waals surface area contributed by atoms with E-state index in [0.717, 1.165) is 16.7 Å². The number of para-hydroxylation sites is 2. The van der Waals surface area contributed by atoms with Crippen LogP contribution >= 0.6 is 22.9 Å². The monoisotopic (exact) mass is 635 g/mol. The van der Waals surface area contributed by atoms with Gasteiger partial charge in [-0.3, -0.25) is 14.2 Å². The second-order valence-corrected chi connectivity index (χ2v) is 11.8. The molecule has 1 aromatic heterocycles. The Morgan fingerprint density at radius 3 is 2.40 bits per heavy atom. The summed E-state index contributed by atoms with van der Waals surface area (Å²) in [6, 6.07) is 31.1. The Morgan fingerprint density at radius 1 is 0.956 bits per heavy atom. The largest absolute Gasteiger partial charge is 0.494 e. The number of hydrogen-bond acceptors (Lipinski definition) is 6. The van der Waals surface area contributed by atoms with Gasteiger partial charge in [0.1, 0.15) is 18.1 Å². The highest BCUT2D eigenvalue weighted by molar-refractivity contribution is 7.07. The van der Waals surface area contributed by atoms with Gasteiger partial charge < -0.3 is 14.8 Å². The number of rotatable bonds is 9. The topological polar surface area (TPSA) is 81.9 Å². The van der Waals surface area contributed by atoms with Crippen LogP contribution in [0.15, 0.2) is 124 Å². The van der Waals surface area contributed by atoms with Crippen molar-refractivity contribution in [2.24, 2.45) is 4.99 Å². The molecule has 1 atom stereocenters. The fourth-order valence-corrected chi connectivity index (χ4v) is 6.34. The predicted molar refractivity (Wildman–Crippen MR) is 179 cm³/mol. The minimum Gasteiger partial charge on any atom is -0.494 e. The lowest BCUT2D eigenvalue weighted by molar-refractivity contribution is -0.113. The van der Waals surface area contributed by atoms with E-state index in [2.05, 4.69) is 5.32 Å². The van der Waals surface area contributed by atoms with E-state index < -0.39 is 6.04 Å². The van der Waals surface area contributed by atoms with E-state index in [1.165, 1.54) is 11.3 Å². The number of anilines is 1. The highest BCUT2D eigenvalue weighted by Crippen LogP contribution is 2.32. The number of carbonyl (C=O) groups is 1. The van der Waals surface area contributed by atoms with Crippen molar-refractivity contribution < 1.29 is 14.3 Å². The van der Waals surface area contributed by atoms with Crippen LogP contribution in [0.2, 0.25) is 5.02 Å². The Hall–Kier alpha value is -4.92. The molecule has 45 heavy (non-hydrogen) atoms. The number of ether oxygens (including phenoxy) is 2. The normalized spacial score (nSPS) is 14.5. The Balaban J connectivity index is 1.41. The molecule has 0 spiro atoms.